The van der Waals surface area contributed by atoms with E-state index < -0.39 is 0 Å². The van der Waals surface area contributed by atoms with Crippen LogP contribution >= 0.6 is 23.2 Å². The third-order valence-corrected chi connectivity index (χ3v) is 11.9. The fraction of sp³-hybridized carbons (Fsp3) is 0.758. The molecule has 1 aromatic carbocycles. The predicted octanol–water partition coefficient (Wildman–Crippen LogP) is 6.97. The van der Waals surface area contributed by atoms with E-state index in [0.29, 0.717) is 48.3 Å². The van der Waals surface area contributed by atoms with E-state index in [2.05, 4.69) is 48.3 Å². The number of esters is 1. The molecule has 1 heterocycles. The minimum atomic E-state index is -0.0370. The monoisotopic (exact) mass is 590 g/mol. The summed E-state index contributed by atoms with van der Waals surface area (Å²) < 4.78 is 6.25. The molecule has 0 bridgehead atoms. The third-order valence-electron chi connectivity index (χ3n) is 11.5. The molecule has 0 unspecified atom stereocenters. The Morgan fingerprint density at radius 3 is 2.42 bits per heavy atom. The molecule has 0 aromatic heterocycles. The van der Waals surface area contributed by atoms with Gasteiger partial charge in [-0.1, -0.05) is 26.0 Å². The van der Waals surface area contributed by atoms with Crippen molar-refractivity contribution in [3.8, 4) is 0 Å². The van der Waals surface area contributed by atoms with Crippen molar-refractivity contribution in [2.75, 3.05) is 36.3 Å². The third kappa shape index (κ3) is 6.02. The number of rotatable bonds is 10. The summed E-state index contributed by atoms with van der Waals surface area (Å²) in [6.45, 7) is 7.26. The van der Waals surface area contributed by atoms with Crippen LogP contribution in [0.4, 0.5) is 5.69 Å². The highest BCUT2D eigenvalue weighted by atomic mass is 35.5. The van der Waals surface area contributed by atoms with E-state index in [9.17, 15) is 9.59 Å². The summed E-state index contributed by atoms with van der Waals surface area (Å²) in [5, 5.41) is 3.14. The van der Waals surface area contributed by atoms with Crippen LogP contribution in [0.3, 0.4) is 0 Å². The fourth-order valence-corrected chi connectivity index (χ4v) is 9.68. The van der Waals surface area contributed by atoms with Crippen LogP contribution in [-0.4, -0.2) is 49.4 Å². The number of fused-ring (bicyclic) bond motifs is 5. The highest BCUT2D eigenvalue weighted by Gasteiger charge is 2.60. The molecule has 40 heavy (non-hydrogen) atoms. The molecule has 1 aromatic rings. The first-order valence-electron chi connectivity index (χ1n) is 15.7. The number of halogens is 2. The number of nitrogens with one attached hydrogen (secondary N) is 1. The van der Waals surface area contributed by atoms with Gasteiger partial charge in [-0.3, -0.25) is 9.59 Å². The molecule has 5 nitrogen and oxygen atoms in total. The topological polar surface area (TPSA) is 58.6 Å². The average molecular weight is 592 g/mol. The number of amides is 1. The lowest BCUT2D eigenvalue weighted by Crippen LogP contribution is -2.53. The number of carbonyl (C=O) groups is 2. The van der Waals surface area contributed by atoms with Gasteiger partial charge in [0.05, 0.1) is 0 Å². The van der Waals surface area contributed by atoms with Crippen LogP contribution < -0.4 is 10.2 Å². The van der Waals surface area contributed by atoms with Crippen molar-refractivity contribution in [1.29, 1.82) is 0 Å². The maximum atomic E-state index is 13.0. The summed E-state index contributed by atoms with van der Waals surface area (Å²) >= 11 is 11.9. The molecule has 7 atom stereocenters. The number of ether oxygens (including phenoxy) is 1. The van der Waals surface area contributed by atoms with Crippen molar-refractivity contribution in [3.05, 3.63) is 29.8 Å². The summed E-state index contributed by atoms with van der Waals surface area (Å²) in [6.07, 6.45) is 10.9. The Morgan fingerprint density at radius 2 is 1.70 bits per heavy atom. The van der Waals surface area contributed by atoms with E-state index in [1.165, 1.54) is 31.2 Å². The summed E-state index contributed by atoms with van der Waals surface area (Å²) in [4.78, 5) is 27.5. The zero-order valence-corrected chi connectivity index (χ0v) is 25.9. The molecule has 1 aliphatic heterocycles. The van der Waals surface area contributed by atoms with Crippen LogP contribution in [0.1, 0.15) is 83.6 Å². The molecule has 4 aliphatic rings. The SMILES string of the molecule is C[C@]12CCNC(=O)C[C@@H]1CC[C@@H]1[C@@H]2CC[C@]2(C)[C@@H](OC(=O)CCCc3ccc(N(CCCl)CCCl)cc3)CC[C@@H]12. The van der Waals surface area contributed by atoms with E-state index in [1.54, 1.807) is 0 Å². The standard InChI is InChI=1S/C33H48Cl2N2O3/c1-32-16-19-36-30(38)22-24(32)8-11-26-27-12-13-29(33(27,2)15-14-28(26)32)40-31(39)5-3-4-23-6-9-25(10-7-23)37(20-17-34)21-18-35/h6-7,9-10,24,26-29H,3-5,8,11-22H2,1-2H3,(H,36,38)/t24-,26-,27-,28-,29-,32-,33-/m0/s1. The molecule has 3 saturated carbocycles. The Balaban J connectivity index is 1.13. The Morgan fingerprint density at radius 1 is 0.975 bits per heavy atom. The molecular formula is C33H48Cl2N2O3. The van der Waals surface area contributed by atoms with Crippen molar-refractivity contribution < 1.29 is 14.3 Å². The second-order valence-electron chi connectivity index (χ2n) is 13.4. The average Bonchev–Trinajstić information content (AvgIpc) is 3.17. The van der Waals surface area contributed by atoms with Gasteiger partial charge in [-0.25, -0.2) is 0 Å². The molecular weight excluding hydrogens is 543 g/mol. The van der Waals surface area contributed by atoms with Gasteiger partial charge in [0, 0.05) is 55.3 Å². The fourth-order valence-electron chi connectivity index (χ4n) is 9.27. The van der Waals surface area contributed by atoms with Crippen molar-refractivity contribution in [2.45, 2.75) is 90.6 Å². The van der Waals surface area contributed by atoms with Gasteiger partial charge in [-0.15, -0.1) is 23.2 Å². The lowest BCUT2D eigenvalue weighted by molar-refractivity contribution is -0.162. The highest BCUT2D eigenvalue weighted by Crippen LogP contribution is 2.65. The predicted molar refractivity (Wildman–Crippen MR) is 163 cm³/mol. The highest BCUT2D eigenvalue weighted by molar-refractivity contribution is 6.18. The Labute approximate surface area is 251 Å². The van der Waals surface area contributed by atoms with Gasteiger partial charge < -0.3 is 15.0 Å². The van der Waals surface area contributed by atoms with Crippen LogP contribution in [-0.2, 0) is 20.7 Å². The smallest absolute Gasteiger partial charge is 0.306 e. The van der Waals surface area contributed by atoms with Gasteiger partial charge in [-0.05, 0) is 105 Å². The van der Waals surface area contributed by atoms with E-state index in [-0.39, 0.29) is 28.8 Å². The Hall–Kier alpha value is -1.46. The van der Waals surface area contributed by atoms with Gasteiger partial charge in [0.15, 0.2) is 0 Å². The lowest BCUT2D eigenvalue weighted by atomic mass is 9.47. The largest absolute Gasteiger partial charge is 0.462 e. The van der Waals surface area contributed by atoms with E-state index in [1.807, 2.05) is 0 Å². The molecule has 222 valence electrons. The Kier molecular flexibility index (Phi) is 9.62. The first kappa shape index (κ1) is 30.0. The lowest BCUT2D eigenvalue weighted by Gasteiger charge is -2.58. The molecule has 1 saturated heterocycles. The number of nitrogens with zero attached hydrogens (tertiary/aromatic N) is 1. The molecule has 7 heteroatoms. The van der Waals surface area contributed by atoms with Gasteiger partial charge in [0.2, 0.25) is 5.91 Å². The van der Waals surface area contributed by atoms with Gasteiger partial charge in [0.25, 0.3) is 0 Å². The first-order valence-corrected chi connectivity index (χ1v) is 16.8. The summed E-state index contributed by atoms with van der Waals surface area (Å²) in [5.41, 5.74) is 2.71. The quantitative estimate of drug-likeness (QED) is 0.236. The molecule has 0 spiro atoms. The Bertz CT molecular complexity index is 1030. The number of benzene rings is 1. The van der Waals surface area contributed by atoms with Crippen LogP contribution in [0, 0.1) is 34.5 Å². The maximum absolute atomic E-state index is 13.0. The van der Waals surface area contributed by atoms with Crippen molar-refractivity contribution >= 4 is 40.8 Å². The first-order chi connectivity index (χ1) is 19.3. The van der Waals surface area contributed by atoms with Crippen LogP contribution in [0.5, 0.6) is 0 Å². The second-order valence-corrected chi connectivity index (χ2v) is 14.2. The molecule has 0 radical (unpaired) electrons. The minimum absolute atomic E-state index is 0.0370. The summed E-state index contributed by atoms with van der Waals surface area (Å²) in [7, 11) is 0. The zero-order chi connectivity index (χ0) is 28.3. The summed E-state index contributed by atoms with van der Waals surface area (Å²) in [6, 6.07) is 8.54. The normalized spacial score (nSPS) is 35.1. The molecule has 5 rings (SSSR count). The van der Waals surface area contributed by atoms with Crippen molar-refractivity contribution in [2.24, 2.45) is 34.5 Å². The van der Waals surface area contributed by atoms with Crippen LogP contribution in [0.2, 0.25) is 0 Å². The van der Waals surface area contributed by atoms with Gasteiger partial charge in [-0.2, -0.15) is 0 Å². The van der Waals surface area contributed by atoms with Crippen molar-refractivity contribution in [3.63, 3.8) is 0 Å². The second kappa shape index (κ2) is 12.8. The van der Waals surface area contributed by atoms with Gasteiger partial charge in [0.1, 0.15) is 6.10 Å². The number of hydrogen-bond donors (Lipinski definition) is 1. The van der Waals surface area contributed by atoms with Crippen molar-refractivity contribution in [1.82, 2.24) is 5.32 Å². The number of carbonyl (C=O) groups excluding carboxylic acids is 2. The minimum Gasteiger partial charge on any atom is -0.462 e. The number of anilines is 1. The number of hydrogen-bond acceptors (Lipinski definition) is 4. The molecule has 1 N–H and O–H groups in total. The van der Waals surface area contributed by atoms with E-state index >= 15 is 0 Å². The number of aryl methyl sites for hydroxylation is 1. The van der Waals surface area contributed by atoms with Crippen LogP contribution in [0.15, 0.2) is 24.3 Å². The number of alkyl halides is 2. The molecule has 1 amide bonds. The molecule has 3 aliphatic carbocycles. The van der Waals surface area contributed by atoms with E-state index in [0.717, 1.165) is 57.4 Å². The van der Waals surface area contributed by atoms with Crippen LogP contribution in [0.25, 0.3) is 0 Å². The zero-order valence-electron chi connectivity index (χ0n) is 24.4. The maximum Gasteiger partial charge on any atom is 0.306 e. The molecule has 4 fully saturated rings. The van der Waals surface area contributed by atoms with E-state index in [4.69, 9.17) is 27.9 Å². The van der Waals surface area contributed by atoms with Gasteiger partial charge >= 0.3 is 5.97 Å². The summed E-state index contributed by atoms with van der Waals surface area (Å²) in [5.74, 6) is 3.88.